The van der Waals surface area contributed by atoms with E-state index in [1.165, 1.54) is 18.2 Å². The van der Waals surface area contributed by atoms with E-state index in [9.17, 15) is 14.0 Å². The molecule has 0 saturated carbocycles. The molecular weight excluding hydrogens is 315 g/mol. The van der Waals surface area contributed by atoms with Gasteiger partial charge in [-0.1, -0.05) is 36.4 Å². The lowest BCUT2D eigenvalue weighted by Crippen LogP contribution is -2.32. The molecule has 0 bridgehead atoms. The van der Waals surface area contributed by atoms with E-state index in [0.717, 1.165) is 5.56 Å². The molecule has 1 aliphatic rings. The SMILES string of the molecule is NCC1(F)C=CC(C(=O)O)=CC1.N[C@H](Cc1ccccc1)C(=O)O. The maximum atomic E-state index is 13.3. The van der Waals surface area contributed by atoms with Gasteiger partial charge in [-0.3, -0.25) is 4.79 Å². The number of hydrogen-bond donors (Lipinski definition) is 4. The number of carboxylic acid groups (broad SMARTS) is 2. The summed E-state index contributed by atoms with van der Waals surface area (Å²) >= 11 is 0. The van der Waals surface area contributed by atoms with E-state index in [-0.39, 0.29) is 18.5 Å². The van der Waals surface area contributed by atoms with Crippen LogP contribution in [0.15, 0.2) is 54.1 Å². The lowest BCUT2D eigenvalue weighted by atomic mass is 9.94. The number of halogens is 1. The van der Waals surface area contributed by atoms with E-state index in [0.29, 0.717) is 6.42 Å². The fourth-order valence-electron chi connectivity index (χ4n) is 1.92. The van der Waals surface area contributed by atoms with Crippen molar-refractivity contribution in [2.75, 3.05) is 6.54 Å². The number of benzene rings is 1. The average Bonchev–Trinajstić information content (AvgIpc) is 2.56. The first-order chi connectivity index (χ1) is 11.3. The smallest absolute Gasteiger partial charge is 0.335 e. The van der Waals surface area contributed by atoms with Crippen LogP contribution in [0.5, 0.6) is 0 Å². The summed E-state index contributed by atoms with van der Waals surface area (Å²) in [6.07, 6.45) is 4.22. The van der Waals surface area contributed by atoms with Crippen LogP contribution in [0.25, 0.3) is 0 Å². The van der Waals surface area contributed by atoms with Crippen molar-refractivity contribution in [1.82, 2.24) is 0 Å². The minimum atomic E-state index is -1.56. The Bertz CT molecular complexity index is 631. The molecule has 0 heterocycles. The molecule has 2 atom stereocenters. The zero-order valence-corrected chi connectivity index (χ0v) is 13.1. The van der Waals surface area contributed by atoms with Crippen LogP contribution in [0, 0.1) is 0 Å². The number of allylic oxidation sites excluding steroid dienone is 1. The highest BCUT2D eigenvalue weighted by Crippen LogP contribution is 2.23. The number of rotatable bonds is 5. The predicted molar refractivity (Wildman–Crippen MR) is 88.1 cm³/mol. The van der Waals surface area contributed by atoms with Gasteiger partial charge in [-0.15, -0.1) is 0 Å². The molecule has 0 aliphatic heterocycles. The molecule has 1 aromatic carbocycles. The maximum absolute atomic E-state index is 13.3. The quantitative estimate of drug-likeness (QED) is 0.641. The monoisotopic (exact) mass is 336 g/mol. The highest BCUT2D eigenvalue weighted by Gasteiger charge is 2.26. The molecule has 7 heteroatoms. The third-order valence-electron chi connectivity index (χ3n) is 3.42. The first kappa shape index (κ1) is 19.5. The molecule has 6 N–H and O–H groups in total. The van der Waals surface area contributed by atoms with Gasteiger partial charge < -0.3 is 21.7 Å². The molecule has 0 radical (unpaired) electrons. The zero-order chi connectivity index (χ0) is 18.2. The van der Waals surface area contributed by atoms with E-state index < -0.39 is 23.6 Å². The topological polar surface area (TPSA) is 127 Å². The third-order valence-corrected chi connectivity index (χ3v) is 3.42. The fraction of sp³-hybridized carbons (Fsp3) is 0.294. The number of carbonyl (C=O) groups is 2. The summed E-state index contributed by atoms with van der Waals surface area (Å²) in [5.41, 5.74) is 10.0. The Hall–Kier alpha value is -2.51. The van der Waals surface area contributed by atoms with Crippen molar-refractivity contribution in [3.05, 3.63) is 59.7 Å². The lowest BCUT2D eigenvalue weighted by molar-refractivity contribution is -0.138. The summed E-state index contributed by atoms with van der Waals surface area (Å²) in [5.74, 6) is -2.00. The minimum Gasteiger partial charge on any atom is -0.480 e. The molecule has 0 amide bonds. The van der Waals surface area contributed by atoms with Gasteiger partial charge in [0.2, 0.25) is 0 Å². The van der Waals surface area contributed by atoms with Gasteiger partial charge in [-0.05, 0) is 24.1 Å². The molecule has 1 aromatic rings. The second-order valence-corrected chi connectivity index (χ2v) is 5.38. The molecule has 2 rings (SSSR count). The first-order valence-corrected chi connectivity index (χ1v) is 7.31. The van der Waals surface area contributed by atoms with Gasteiger partial charge in [0.25, 0.3) is 0 Å². The van der Waals surface area contributed by atoms with Crippen molar-refractivity contribution in [1.29, 1.82) is 0 Å². The predicted octanol–water partition coefficient (Wildman–Crippen LogP) is 1.27. The van der Waals surface area contributed by atoms with Crippen LogP contribution in [-0.2, 0) is 16.0 Å². The van der Waals surface area contributed by atoms with Crippen LogP contribution < -0.4 is 11.5 Å². The second-order valence-electron chi connectivity index (χ2n) is 5.38. The summed E-state index contributed by atoms with van der Waals surface area (Å²) in [6.45, 7) is -0.118. The van der Waals surface area contributed by atoms with Gasteiger partial charge in [0.1, 0.15) is 11.7 Å². The van der Waals surface area contributed by atoms with E-state index in [1.54, 1.807) is 0 Å². The highest BCUT2D eigenvalue weighted by atomic mass is 19.1. The first-order valence-electron chi connectivity index (χ1n) is 7.31. The average molecular weight is 336 g/mol. The van der Waals surface area contributed by atoms with Crippen molar-refractivity contribution in [2.45, 2.75) is 24.6 Å². The standard InChI is InChI=1S/C9H11NO2.C8H10FNO2/c10-8(9(11)12)6-7-4-2-1-3-5-7;9-8(5-10)3-1-6(2-4-8)7(11)12/h1-5,8H,6,10H2,(H,11,12);1-3H,4-5,10H2,(H,11,12)/t8-;/m1./s1. The summed E-state index contributed by atoms with van der Waals surface area (Å²) in [7, 11) is 0. The molecule has 0 spiro atoms. The maximum Gasteiger partial charge on any atom is 0.335 e. The molecule has 0 aromatic heterocycles. The van der Waals surface area contributed by atoms with Gasteiger partial charge in [-0.25, -0.2) is 9.18 Å². The van der Waals surface area contributed by atoms with Crippen molar-refractivity contribution < 1.29 is 24.2 Å². The van der Waals surface area contributed by atoms with Crippen molar-refractivity contribution in [3.8, 4) is 0 Å². The normalized spacial score (nSPS) is 20.4. The van der Waals surface area contributed by atoms with E-state index in [4.69, 9.17) is 21.7 Å². The summed E-state index contributed by atoms with van der Waals surface area (Å²) in [6, 6.07) is 8.54. The van der Waals surface area contributed by atoms with E-state index in [2.05, 4.69) is 0 Å². The minimum absolute atomic E-state index is 0.0433. The van der Waals surface area contributed by atoms with Gasteiger partial charge in [0.05, 0.1) is 5.57 Å². The summed E-state index contributed by atoms with van der Waals surface area (Å²) in [5, 5.41) is 17.0. The summed E-state index contributed by atoms with van der Waals surface area (Å²) < 4.78 is 13.3. The largest absolute Gasteiger partial charge is 0.480 e. The van der Waals surface area contributed by atoms with Gasteiger partial charge in [0, 0.05) is 13.0 Å². The van der Waals surface area contributed by atoms with Crippen molar-refractivity contribution in [2.24, 2.45) is 11.5 Å². The number of aliphatic carboxylic acids is 2. The van der Waals surface area contributed by atoms with E-state index in [1.807, 2.05) is 30.3 Å². The number of nitrogens with two attached hydrogens (primary N) is 2. The molecule has 1 unspecified atom stereocenters. The Morgan fingerprint density at radius 2 is 1.88 bits per heavy atom. The Balaban J connectivity index is 0.000000240. The van der Waals surface area contributed by atoms with Gasteiger partial charge in [0.15, 0.2) is 0 Å². The van der Waals surface area contributed by atoms with E-state index >= 15 is 0 Å². The van der Waals surface area contributed by atoms with Crippen LogP contribution >= 0.6 is 0 Å². The van der Waals surface area contributed by atoms with Crippen molar-refractivity contribution in [3.63, 3.8) is 0 Å². The van der Waals surface area contributed by atoms with Crippen molar-refractivity contribution >= 4 is 11.9 Å². The molecular formula is C17H21FN2O4. The summed E-state index contributed by atoms with van der Waals surface area (Å²) in [4.78, 5) is 20.8. The third kappa shape index (κ3) is 6.31. The van der Waals surface area contributed by atoms with Crippen LogP contribution in [0.1, 0.15) is 12.0 Å². The molecule has 0 saturated heterocycles. The molecule has 0 fully saturated rings. The zero-order valence-electron chi connectivity index (χ0n) is 13.1. The highest BCUT2D eigenvalue weighted by molar-refractivity contribution is 5.90. The Labute approximate surface area is 139 Å². The fourth-order valence-corrected chi connectivity index (χ4v) is 1.92. The van der Waals surface area contributed by atoms with Crippen LogP contribution in [0.4, 0.5) is 4.39 Å². The van der Waals surface area contributed by atoms with Crippen LogP contribution in [-0.4, -0.2) is 40.4 Å². The number of hydrogen-bond acceptors (Lipinski definition) is 4. The number of carboxylic acids is 2. The van der Waals surface area contributed by atoms with Crippen LogP contribution in [0.2, 0.25) is 0 Å². The lowest BCUT2D eigenvalue weighted by Gasteiger charge is -2.20. The van der Waals surface area contributed by atoms with Gasteiger partial charge >= 0.3 is 11.9 Å². The molecule has 24 heavy (non-hydrogen) atoms. The Morgan fingerprint density at radius 1 is 1.25 bits per heavy atom. The Morgan fingerprint density at radius 3 is 2.29 bits per heavy atom. The number of alkyl halides is 1. The molecule has 1 aliphatic carbocycles. The van der Waals surface area contributed by atoms with Crippen LogP contribution in [0.3, 0.4) is 0 Å². The second kappa shape index (κ2) is 8.95. The molecule has 6 nitrogen and oxygen atoms in total. The Kier molecular flexibility index (Phi) is 7.29. The van der Waals surface area contributed by atoms with Gasteiger partial charge in [-0.2, -0.15) is 0 Å². The molecule has 130 valence electrons.